The minimum absolute atomic E-state index is 0.170. The summed E-state index contributed by atoms with van der Waals surface area (Å²) in [4.78, 5) is 0. The monoisotopic (exact) mass is 185 g/mol. The van der Waals surface area contributed by atoms with Crippen molar-refractivity contribution in [2.24, 2.45) is 11.3 Å². The minimum atomic E-state index is -0.612. The zero-order valence-electron chi connectivity index (χ0n) is 9.52. The van der Waals surface area contributed by atoms with Crippen molar-refractivity contribution >= 4 is 0 Å². The van der Waals surface area contributed by atoms with Crippen LogP contribution in [-0.4, -0.2) is 23.3 Å². The molecule has 0 aliphatic heterocycles. The highest BCUT2D eigenvalue weighted by Crippen LogP contribution is 2.51. The largest absolute Gasteiger partial charge is 0.389 e. The third-order valence-corrected chi connectivity index (χ3v) is 3.45. The van der Waals surface area contributed by atoms with E-state index in [0.29, 0.717) is 5.41 Å². The molecule has 1 fully saturated rings. The highest BCUT2D eigenvalue weighted by molar-refractivity contribution is 4.97. The van der Waals surface area contributed by atoms with Crippen LogP contribution in [0, 0.1) is 11.3 Å². The summed E-state index contributed by atoms with van der Waals surface area (Å²) < 4.78 is 0. The molecule has 1 aliphatic rings. The normalized spacial score (nSPS) is 28.6. The molecule has 1 rings (SSSR count). The summed E-state index contributed by atoms with van der Waals surface area (Å²) in [5, 5.41) is 13.1. The summed E-state index contributed by atoms with van der Waals surface area (Å²) in [6.45, 7) is 11.4. The predicted octanol–water partition coefficient (Wildman–Crippen LogP) is 1.78. The molecule has 0 radical (unpaired) electrons. The Morgan fingerprint density at radius 3 is 2.31 bits per heavy atom. The second kappa shape index (κ2) is 3.25. The molecule has 13 heavy (non-hydrogen) atoms. The van der Waals surface area contributed by atoms with Crippen molar-refractivity contribution < 1.29 is 5.11 Å². The lowest BCUT2D eigenvalue weighted by atomic mass is 10.0. The van der Waals surface area contributed by atoms with Crippen molar-refractivity contribution in [3.8, 4) is 0 Å². The third-order valence-electron chi connectivity index (χ3n) is 3.45. The molecular formula is C11H23NO. The first-order chi connectivity index (χ1) is 5.73. The van der Waals surface area contributed by atoms with Gasteiger partial charge in [0.25, 0.3) is 0 Å². The first kappa shape index (κ1) is 11.0. The molecule has 0 spiro atoms. The number of hydrogen-bond donors (Lipinski definition) is 2. The van der Waals surface area contributed by atoms with E-state index in [2.05, 4.69) is 19.2 Å². The first-order valence-corrected chi connectivity index (χ1v) is 5.19. The summed E-state index contributed by atoms with van der Waals surface area (Å²) in [5.74, 6) is 0.803. The Morgan fingerprint density at radius 1 is 1.54 bits per heavy atom. The van der Waals surface area contributed by atoms with Crippen molar-refractivity contribution in [3.63, 3.8) is 0 Å². The van der Waals surface area contributed by atoms with Gasteiger partial charge in [0.15, 0.2) is 0 Å². The molecule has 1 aliphatic carbocycles. The summed E-state index contributed by atoms with van der Waals surface area (Å²) >= 11 is 0. The number of rotatable bonds is 4. The highest BCUT2D eigenvalue weighted by atomic mass is 16.3. The van der Waals surface area contributed by atoms with Crippen LogP contribution in [0.4, 0.5) is 0 Å². The molecule has 0 amide bonds. The van der Waals surface area contributed by atoms with Crippen LogP contribution in [0.5, 0.6) is 0 Å². The van der Waals surface area contributed by atoms with Gasteiger partial charge < -0.3 is 10.4 Å². The van der Waals surface area contributed by atoms with E-state index in [1.807, 2.05) is 20.8 Å². The Bertz CT molecular complexity index is 181. The lowest BCUT2D eigenvalue weighted by Crippen LogP contribution is -2.45. The molecule has 2 nitrogen and oxygen atoms in total. The molecule has 0 aromatic rings. The molecule has 0 bridgehead atoms. The second-order valence-electron chi connectivity index (χ2n) is 5.67. The lowest BCUT2D eigenvalue weighted by Gasteiger charge is -2.27. The zero-order chi connectivity index (χ0) is 10.3. The van der Waals surface area contributed by atoms with Gasteiger partial charge >= 0.3 is 0 Å². The van der Waals surface area contributed by atoms with Crippen LogP contribution < -0.4 is 5.32 Å². The molecule has 0 aromatic carbocycles. The standard InChI is InChI=1S/C11H23NO/c1-8(11(4,5)13)12-7-9-6-10(9,2)3/h8-9,12-13H,6-7H2,1-5H3. The fourth-order valence-corrected chi connectivity index (χ4v) is 1.49. The van der Waals surface area contributed by atoms with E-state index in [-0.39, 0.29) is 6.04 Å². The van der Waals surface area contributed by atoms with Crippen molar-refractivity contribution in [2.45, 2.75) is 52.7 Å². The van der Waals surface area contributed by atoms with Gasteiger partial charge in [-0.25, -0.2) is 0 Å². The van der Waals surface area contributed by atoms with E-state index >= 15 is 0 Å². The molecule has 78 valence electrons. The van der Waals surface area contributed by atoms with Crippen molar-refractivity contribution in [1.82, 2.24) is 5.32 Å². The average Bonchev–Trinajstić information content (AvgIpc) is 2.52. The summed E-state index contributed by atoms with van der Waals surface area (Å²) in [6.07, 6.45) is 1.32. The quantitative estimate of drug-likeness (QED) is 0.700. The fraction of sp³-hybridized carbons (Fsp3) is 1.00. The van der Waals surface area contributed by atoms with Crippen molar-refractivity contribution in [3.05, 3.63) is 0 Å². The number of nitrogens with one attached hydrogen (secondary N) is 1. The van der Waals surface area contributed by atoms with Crippen LogP contribution in [0.2, 0.25) is 0 Å². The molecule has 0 heterocycles. The van der Waals surface area contributed by atoms with Gasteiger partial charge in [-0.3, -0.25) is 0 Å². The van der Waals surface area contributed by atoms with Gasteiger partial charge in [0.2, 0.25) is 0 Å². The van der Waals surface area contributed by atoms with Crippen LogP contribution in [0.1, 0.15) is 41.0 Å². The Hall–Kier alpha value is -0.0800. The molecule has 0 aromatic heterocycles. The molecule has 2 heteroatoms. The van der Waals surface area contributed by atoms with Gasteiger partial charge in [0.1, 0.15) is 0 Å². The van der Waals surface area contributed by atoms with E-state index in [1.54, 1.807) is 0 Å². The van der Waals surface area contributed by atoms with Crippen LogP contribution in [-0.2, 0) is 0 Å². The minimum Gasteiger partial charge on any atom is -0.389 e. The highest BCUT2D eigenvalue weighted by Gasteiger charge is 2.45. The first-order valence-electron chi connectivity index (χ1n) is 5.19. The Balaban J connectivity index is 2.21. The van der Waals surface area contributed by atoms with Gasteiger partial charge in [0, 0.05) is 6.04 Å². The summed E-state index contributed by atoms with van der Waals surface area (Å²) in [5.41, 5.74) is -0.0780. The zero-order valence-corrected chi connectivity index (χ0v) is 9.52. The van der Waals surface area contributed by atoms with E-state index in [4.69, 9.17) is 0 Å². The summed E-state index contributed by atoms with van der Waals surface area (Å²) in [6, 6.07) is 0.170. The van der Waals surface area contributed by atoms with Gasteiger partial charge in [-0.05, 0) is 45.1 Å². The average molecular weight is 185 g/mol. The van der Waals surface area contributed by atoms with Gasteiger partial charge in [-0.15, -0.1) is 0 Å². The number of aliphatic hydroxyl groups is 1. The Morgan fingerprint density at radius 2 is 2.00 bits per heavy atom. The Kier molecular flexibility index (Phi) is 2.75. The van der Waals surface area contributed by atoms with E-state index in [1.165, 1.54) is 6.42 Å². The second-order valence-corrected chi connectivity index (χ2v) is 5.67. The maximum atomic E-state index is 9.69. The van der Waals surface area contributed by atoms with Crippen LogP contribution in [0.15, 0.2) is 0 Å². The van der Waals surface area contributed by atoms with Crippen LogP contribution in [0.25, 0.3) is 0 Å². The Labute approximate surface area is 81.7 Å². The SMILES string of the molecule is CC(NCC1CC1(C)C)C(C)(C)O. The fourth-order valence-electron chi connectivity index (χ4n) is 1.49. The molecule has 0 saturated heterocycles. The maximum absolute atomic E-state index is 9.69. The molecular weight excluding hydrogens is 162 g/mol. The molecule has 2 N–H and O–H groups in total. The van der Waals surface area contributed by atoms with E-state index < -0.39 is 5.60 Å². The predicted molar refractivity (Wildman–Crippen MR) is 55.7 cm³/mol. The van der Waals surface area contributed by atoms with Gasteiger partial charge in [-0.1, -0.05) is 13.8 Å². The third kappa shape index (κ3) is 2.96. The van der Waals surface area contributed by atoms with Gasteiger partial charge in [-0.2, -0.15) is 0 Å². The smallest absolute Gasteiger partial charge is 0.0741 e. The van der Waals surface area contributed by atoms with Crippen molar-refractivity contribution in [1.29, 1.82) is 0 Å². The van der Waals surface area contributed by atoms with Crippen molar-refractivity contribution in [2.75, 3.05) is 6.54 Å². The molecule has 2 unspecified atom stereocenters. The maximum Gasteiger partial charge on any atom is 0.0741 e. The summed E-state index contributed by atoms with van der Waals surface area (Å²) in [7, 11) is 0. The molecule has 1 saturated carbocycles. The van der Waals surface area contributed by atoms with Crippen LogP contribution in [0.3, 0.4) is 0 Å². The topological polar surface area (TPSA) is 32.3 Å². The lowest BCUT2D eigenvalue weighted by molar-refractivity contribution is 0.0437. The van der Waals surface area contributed by atoms with E-state index in [0.717, 1.165) is 12.5 Å². The number of hydrogen-bond acceptors (Lipinski definition) is 2. The molecule has 2 atom stereocenters. The van der Waals surface area contributed by atoms with Gasteiger partial charge in [0.05, 0.1) is 5.60 Å². The van der Waals surface area contributed by atoms with Crippen LogP contribution >= 0.6 is 0 Å². The van der Waals surface area contributed by atoms with E-state index in [9.17, 15) is 5.11 Å².